The Morgan fingerprint density at radius 1 is 0.971 bits per heavy atom. The number of aryl methyl sites for hydroxylation is 1. The second kappa shape index (κ2) is 12.0. The average molecular weight is 489 g/mol. The number of urea groups is 1. The molecule has 9 nitrogen and oxygen atoms in total. The highest BCUT2D eigenvalue weighted by Gasteiger charge is 2.26. The summed E-state index contributed by atoms with van der Waals surface area (Å²) in [5.74, 6) is -0.0940. The highest BCUT2D eigenvalue weighted by Crippen LogP contribution is 2.18. The van der Waals surface area contributed by atoms with Gasteiger partial charge in [-0.05, 0) is 55.7 Å². The lowest BCUT2D eigenvalue weighted by Gasteiger charge is -2.26. The van der Waals surface area contributed by atoms with Crippen molar-refractivity contribution in [1.29, 1.82) is 0 Å². The van der Waals surface area contributed by atoms with E-state index in [0.717, 1.165) is 11.1 Å². The lowest BCUT2D eigenvalue weighted by Crippen LogP contribution is -2.40. The first-order valence-electron chi connectivity index (χ1n) is 11.3. The van der Waals surface area contributed by atoms with Crippen LogP contribution in [0, 0.1) is 0 Å². The zero-order chi connectivity index (χ0) is 24.6. The standard InChI is InChI=1S/C24H32N4O5S/c1-18(2)26-24(30)27-21-8-3-20(4-9-21)17-25-23(29)12-7-19-5-10-22(11-6-19)34(31,32)28-13-15-33-16-14-28/h3-6,8-11,18H,7,12-17H2,1-2H3,(H,25,29)(H2,26,27,30). The molecule has 1 heterocycles. The van der Waals surface area contributed by atoms with Crippen LogP contribution in [0.4, 0.5) is 10.5 Å². The Labute approximate surface area is 200 Å². The van der Waals surface area contributed by atoms with Crippen molar-refractivity contribution in [2.24, 2.45) is 0 Å². The molecule has 3 N–H and O–H groups in total. The number of hydrogen-bond donors (Lipinski definition) is 3. The predicted octanol–water partition coefficient (Wildman–Crippen LogP) is 2.49. The van der Waals surface area contributed by atoms with Crippen LogP contribution >= 0.6 is 0 Å². The summed E-state index contributed by atoms with van der Waals surface area (Å²) >= 11 is 0. The van der Waals surface area contributed by atoms with Gasteiger partial charge in [0.1, 0.15) is 0 Å². The van der Waals surface area contributed by atoms with Gasteiger partial charge in [-0.1, -0.05) is 24.3 Å². The highest BCUT2D eigenvalue weighted by atomic mass is 32.2. The van der Waals surface area contributed by atoms with Crippen LogP contribution < -0.4 is 16.0 Å². The molecule has 0 aliphatic carbocycles. The fourth-order valence-electron chi connectivity index (χ4n) is 3.45. The van der Waals surface area contributed by atoms with Crippen molar-refractivity contribution in [1.82, 2.24) is 14.9 Å². The molecule has 0 atom stereocenters. The van der Waals surface area contributed by atoms with E-state index in [2.05, 4.69) is 16.0 Å². The zero-order valence-corrected chi connectivity index (χ0v) is 20.4. The second-order valence-corrected chi connectivity index (χ2v) is 10.3. The number of rotatable bonds is 9. The van der Waals surface area contributed by atoms with E-state index in [0.29, 0.717) is 51.4 Å². The van der Waals surface area contributed by atoms with Crippen LogP contribution in [0.15, 0.2) is 53.4 Å². The topological polar surface area (TPSA) is 117 Å². The van der Waals surface area contributed by atoms with E-state index in [-0.39, 0.29) is 22.9 Å². The molecular weight excluding hydrogens is 456 g/mol. The molecule has 1 saturated heterocycles. The number of anilines is 1. The van der Waals surface area contributed by atoms with Gasteiger partial charge in [0, 0.05) is 37.8 Å². The van der Waals surface area contributed by atoms with Crippen molar-refractivity contribution in [2.45, 2.75) is 44.2 Å². The number of hydrogen-bond acceptors (Lipinski definition) is 5. The molecule has 2 aromatic rings. The minimum Gasteiger partial charge on any atom is -0.379 e. The Hall–Kier alpha value is -2.95. The van der Waals surface area contributed by atoms with Crippen LogP contribution in [-0.2, 0) is 32.5 Å². The number of benzene rings is 2. The van der Waals surface area contributed by atoms with Crippen LogP contribution in [0.25, 0.3) is 0 Å². The number of nitrogens with one attached hydrogen (secondary N) is 3. The van der Waals surface area contributed by atoms with Gasteiger partial charge >= 0.3 is 6.03 Å². The summed E-state index contributed by atoms with van der Waals surface area (Å²) in [4.78, 5) is 24.2. The fraction of sp³-hybridized carbons (Fsp3) is 0.417. The Bertz CT molecular complexity index is 1060. The molecule has 34 heavy (non-hydrogen) atoms. The molecule has 3 amide bonds. The van der Waals surface area contributed by atoms with Gasteiger partial charge in [-0.3, -0.25) is 4.79 Å². The summed E-state index contributed by atoms with van der Waals surface area (Å²) in [5, 5.41) is 8.39. The van der Waals surface area contributed by atoms with Gasteiger partial charge in [0.05, 0.1) is 18.1 Å². The van der Waals surface area contributed by atoms with Gasteiger partial charge in [-0.2, -0.15) is 4.31 Å². The summed E-state index contributed by atoms with van der Waals surface area (Å²) in [7, 11) is -3.52. The molecule has 0 bridgehead atoms. The number of morpholine rings is 1. The molecular formula is C24H32N4O5S. The Morgan fingerprint density at radius 3 is 2.21 bits per heavy atom. The first-order chi connectivity index (χ1) is 16.2. The lowest BCUT2D eigenvalue weighted by atomic mass is 10.1. The third-order valence-electron chi connectivity index (χ3n) is 5.29. The van der Waals surface area contributed by atoms with Gasteiger partial charge in [0.15, 0.2) is 0 Å². The van der Waals surface area contributed by atoms with Gasteiger partial charge in [-0.15, -0.1) is 0 Å². The number of amides is 3. The van der Waals surface area contributed by atoms with Crippen molar-refractivity contribution in [2.75, 3.05) is 31.6 Å². The molecule has 1 aliphatic heterocycles. The maximum absolute atomic E-state index is 12.7. The number of nitrogens with zero attached hydrogens (tertiary/aromatic N) is 1. The summed E-state index contributed by atoms with van der Waals surface area (Å²) < 4.78 is 32.0. The van der Waals surface area contributed by atoms with Gasteiger partial charge in [0.25, 0.3) is 0 Å². The second-order valence-electron chi connectivity index (χ2n) is 8.39. The summed E-state index contributed by atoms with van der Waals surface area (Å²) in [5.41, 5.74) is 2.49. The van der Waals surface area contributed by atoms with E-state index in [4.69, 9.17) is 4.74 Å². The van der Waals surface area contributed by atoms with E-state index >= 15 is 0 Å². The molecule has 2 aromatic carbocycles. The van der Waals surface area contributed by atoms with E-state index in [1.807, 2.05) is 26.0 Å². The van der Waals surface area contributed by atoms with E-state index in [9.17, 15) is 18.0 Å². The van der Waals surface area contributed by atoms with Gasteiger partial charge < -0.3 is 20.7 Å². The number of sulfonamides is 1. The first kappa shape index (κ1) is 25.7. The van der Waals surface area contributed by atoms with Crippen LogP contribution in [0.1, 0.15) is 31.4 Å². The zero-order valence-electron chi connectivity index (χ0n) is 19.5. The molecule has 0 unspecified atom stereocenters. The lowest BCUT2D eigenvalue weighted by molar-refractivity contribution is -0.121. The molecule has 0 radical (unpaired) electrons. The summed E-state index contributed by atoms with van der Waals surface area (Å²) in [6.45, 7) is 5.68. The fourth-order valence-corrected chi connectivity index (χ4v) is 4.85. The van der Waals surface area contributed by atoms with E-state index < -0.39 is 10.0 Å². The van der Waals surface area contributed by atoms with Crippen LogP contribution in [0.3, 0.4) is 0 Å². The quantitative estimate of drug-likeness (QED) is 0.501. The van der Waals surface area contributed by atoms with Crippen molar-refractivity contribution in [3.8, 4) is 0 Å². The maximum atomic E-state index is 12.7. The summed E-state index contributed by atoms with van der Waals surface area (Å²) in [6, 6.07) is 13.7. The molecule has 0 saturated carbocycles. The molecule has 184 valence electrons. The molecule has 3 rings (SSSR count). The Balaban J connectivity index is 1.43. The Morgan fingerprint density at radius 2 is 1.59 bits per heavy atom. The van der Waals surface area contributed by atoms with Gasteiger partial charge in [0.2, 0.25) is 15.9 Å². The third kappa shape index (κ3) is 7.54. The monoisotopic (exact) mass is 488 g/mol. The average Bonchev–Trinajstić information content (AvgIpc) is 2.82. The van der Waals surface area contributed by atoms with E-state index in [1.54, 1.807) is 36.4 Å². The molecule has 0 aromatic heterocycles. The van der Waals surface area contributed by atoms with Crippen molar-refractivity contribution >= 4 is 27.6 Å². The largest absolute Gasteiger partial charge is 0.379 e. The van der Waals surface area contributed by atoms with E-state index in [1.165, 1.54) is 4.31 Å². The van der Waals surface area contributed by atoms with Crippen molar-refractivity contribution in [3.05, 3.63) is 59.7 Å². The van der Waals surface area contributed by atoms with Crippen LogP contribution in [0.5, 0.6) is 0 Å². The minimum atomic E-state index is -3.52. The number of ether oxygens (including phenoxy) is 1. The van der Waals surface area contributed by atoms with Crippen LogP contribution in [0.2, 0.25) is 0 Å². The highest BCUT2D eigenvalue weighted by molar-refractivity contribution is 7.89. The predicted molar refractivity (Wildman–Crippen MR) is 130 cm³/mol. The molecule has 0 spiro atoms. The maximum Gasteiger partial charge on any atom is 0.319 e. The normalized spacial score (nSPS) is 14.6. The number of carbonyl (C=O) groups excluding carboxylic acids is 2. The molecule has 10 heteroatoms. The van der Waals surface area contributed by atoms with Gasteiger partial charge in [-0.25, -0.2) is 13.2 Å². The van der Waals surface area contributed by atoms with Crippen LogP contribution in [-0.4, -0.2) is 57.0 Å². The Kier molecular flexibility index (Phi) is 9.03. The third-order valence-corrected chi connectivity index (χ3v) is 7.21. The van der Waals surface area contributed by atoms with Crippen molar-refractivity contribution < 1.29 is 22.7 Å². The molecule has 1 fully saturated rings. The molecule has 1 aliphatic rings. The number of carbonyl (C=O) groups is 2. The summed E-state index contributed by atoms with van der Waals surface area (Å²) in [6.07, 6.45) is 0.808. The SMILES string of the molecule is CC(C)NC(=O)Nc1ccc(CNC(=O)CCc2ccc(S(=O)(=O)N3CCOCC3)cc2)cc1. The smallest absolute Gasteiger partial charge is 0.319 e. The minimum absolute atomic E-state index is 0.0514. The van der Waals surface area contributed by atoms with Crippen molar-refractivity contribution in [3.63, 3.8) is 0 Å². The first-order valence-corrected chi connectivity index (χ1v) is 12.8.